The molecule has 27 heteroatoms. The van der Waals surface area contributed by atoms with Gasteiger partial charge in [0.1, 0.15) is 70.8 Å². The maximum atomic E-state index is 13.4. The number of hydrogen-bond acceptors (Lipinski definition) is 18. The fraction of sp³-hybridized carbons (Fsp3) is 0.565. The number of nitrogens with one attached hydrogen (secondary N) is 3. The van der Waals surface area contributed by atoms with Crippen LogP contribution in [0.5, 0.6) is 17.2 Å². The van der Waals surface area contributed by atoms with Crippen LogP contribution < -0.4 is 47.4 Å². The number of nitrogens with two attached hydrogens (primary N) is 3. The Labute approximate surface area is 520 Å². The SMILES string of the molecule is CC(C)CC(=O)C1(COc2cccc3c2C(N)=NS(=O)(=O)C3)CCCNC1=O.NC1=NS(=O)(=O)Cc2cccc(OCC3(C(=O)CC4CCCC4)CCCNC3=O)c21.NC1=NS(=O)(=O)Cc2cccc(OCC3(C(=O)CC4CCCCC4)CCCNC3=O)c21. The van der Waals surface area contributed by atoms with E-state index in [9.17, 15) is 54.0 Å². The number of amides is 3. The molecule has 5 fully saturated rings. The fourth-order valence-corrected chi connectivity index (χ4v) is 16.6. The third kappa shape index (κ3) is 15.2. The summed E-state index contributed by atoms with van der Waals surface area (Å²) in [5.41, 5.74) is 16.7. The lowest BCUT2D eigenvalue weighted by atomic mass is 9.72. The van der Waals surface area contributed by atoms with E-state index in [1.807, 2.05) is 13.8 Å². The van der Waals surface area contributed by atoms with Gasteiger partial charge in [0.05, 0.1) is 33.9 Å². The molecule has 6 aliphatic heterocycles. The highest BCUT2D eigenvalue weighted by atomic mass is 32.2. The molecule has 2 saturated carbocycles. The van der Waals surface area contributed by atoms with Gasteiger partial charge >= 0.3 is 0 Å². The number of hydrogen-bond donors (Lipinski definition) is 6. The van der Waals surface area contributed by atoms with Crippen LogP contribution in [0.4, 0.5) is 0 Å². The summed E-state index contributed by atoms with van der Waals surface area (Å²) < 4.78 is 99.9. The number of fused-ring (bicyclic) bond motifs is 3. The molecule has 3 saturated heterocycles. The van der Waals surface area contributed by atoms with Crippen molar-refractivity contribution in [2.45, 2.75) is 147 Å². The van der Waals surface area contributed by atoms with Crippen LogP contribution in [0.3, 0.4) is 0 Å². The standard InChI is InChI=1S/C22H29N3O5S.C21H27N3O5S.C19H25N3O5S/c23-20-19-16(13-31(28,29)25-20)8-4-9-17(19)30-14-22(10-5-11-24-21(22)27)18(26)12-15-6-2-1-3-7-15;22-19-18-15(12-30(27,28)24-19)7-3-8-16(18)29-13-21(9-4-10-23-20(21)26)17(25)11-14-5-1-2-6-14;1-12(2)9-15(23)19(7-4-8-21-18(19)24)11-27-14-6-3-5-13-10-28(25,26)22-17(20)16(13)14/h4,8-9,15H,1-3,5-7,10-14H2,(H2,23,25)(H,24,27);3,7-8,14H,1-2,4-6,9-13H2,(H2,22,24)(H,23,26);3,5-6,12H,4,7-11H2,1-2H3,(H2,20,22)(H,21,24). The maximum absolute atomic E-state index is 13.4. The highest BCUT2D eigenvalue weighted by molar-refractivity contribution is 7.90. The van der Waals surface area contributed by atoms with Gasteiger partial charge in [0, 0.05) is 38.9 Å². The number of amidine groups is 3. The summed E-state index contributed by atoms with van der Waals surface area (Å²) in [5, 5.41) is 8.45. The molecule has 482 valence electrons. The summed E-state index contributed by atoms with van der Waals surface area (Å²) in [7, 11) is -11.0. The molecule has 3 amide bonds. The zero-order chi connectivity index (χ0) is 63.9. The predicted octanol–water partition coefficient (Wildman–Crippen LogP) is 4.84. The Morgan fingerprint density at radius 2 is 0.787 bits per heavy atom. The van der Waals surface area contributed by atoms with Crippen molar-refractivity contribution in [3.8, 4) is 17.2 Å². The molecule has 24 nitrogen and oxygen atoms in total. The van der Waals surface area contributed by atoms with E-state index in [4.69, 9.17) is 31.4 Å². The average molecular weight is 1290 g/mol. The van der Waals surface area contributed by atoms with Gasteiger partial charge < -0.3 is 47.4 Å². The van der Waals surface area contributed by atoms with Crippen molar-refractivity contribution in [1.82, 2.24) is 16.0 Å². The van der Waals surface area contributed by atoms with E-state index >= 15 is 0 Å². The molecule has 3 aromatic carbocycles. The van der Waals surface area contributed by atoms with E-state index in [0.29, 0.717) is 133 Å². The Morgan fingerprint density at radius 1 is 0.483 bits per heavy atom. The van der Waals surface area contributed by atoms with Crippen LogP contribution in [0.15, 0.2) is 67.8 Å². The number of benzene rings is 3. The van der Waals surface area contributed by atoms with Gasteiger partial charge in [0.2, 0.25) is 17.7 Å². The van der Waals surface area contributed by atoms with Gasteiger partial charge in [0.25, 0.3) is 30.1 Å². The average Bonchev–Trinajstić information content (AvgIpc) is 1.53. The van der Waals surface area contributed by atoms with Gasteiger partial charge in [0.15, 0.2) is 17.3 Å². The number of carbonyl (C=O) groups is 6. The lowest BCUT2D eigenvalue weighted by Gasteiger charge is -2.36. The molecule has 0 aromatic heterocycles. The Balaban J connectivity index is 0.000000159. The van der Waals surface area contributed by atoms with Crippen molar-refractivity contribution >= 4 is 82.6 Å². The molecule has 3 aromatic rings. The summed E-state index contributed by atoms with van der Waals surface area (Å²) >= 11 is 0. The molecule has 11 rings (SSSR count). The Bertz CT molecular complexity index is 3710. The summed E-state index contributed by atoms with van der Waals surface area (Å²) in [5.74, 6) is -0.569. The zero-order valence-corrected chi connectivity index (χ0v) is 52.9. The van der Waals surface area contributed by atoms with Crippen LogP contribution in [0.2, 0.25) is 0 Å². The predicted molar refractivity (Wildman–Crippen MR) is 332 cm³/mol. The first kappa shape index (κ1) is 66.2. The molecule has 8 aliphatic rings. The van der Waals surface area contributed by atoms with Crippen molar-refractivity contribution in [1.29, 1.82) is 0 Å². The summed E-state index contributed by atoms with van der Waals surface area (Å²) in [6.07, 6.45) is 14.3. The molecular weight excluding hydrogens is 1210 g/mol. The van der Waals surface area contributed by atoms with E-state index in [2.05, 4.69) is 29.1 Å². The van der Waals surface area contributed by atoms with Crippen molar-refractivity contribution in [2.24, 2.45) is 64.4 Å². The quantitative estimate of drug-likeness (QED) is 0.0928. The van der Waals surface area contributed by atoms with E-state index in [0.717, 1.165) is 51.4 Å². The van der Waals surface area contributed by atoms with Crippen molar-refractivity contribution in [3.63, 3.8) is 0 Å². The van der Waals surface area contributed by atoms with Gasteiger partial charge in [-0.2, -0.15) is 0 Å². The first-order valence-corrected chi connectivity index (χ1v) is 35.5. The number of rotatable bonds is 18. The lowest BCUT2D eigenvalue weighted by molar-refractivity contribution is -0.149. The smallest absolute Gasteiger partial charge is 0.259 e. The van der Waals surface area contributed by atoms with Crippen molar-refractivity contribution < 1.29 is 68.2 Å². The Kier molecular flexibility index (Phi) is 20.4. The number of piperidine rings is 3. The summed E-state index contributed by atoms with van der Waals surface area (Å²) in [4.78, 5) is 78.0. The molecule has 0 radical (unpaired) electrons. The fourth-order valence-electron chi connectivity index (χ4n) is 13.4. The maximum Gasteiger partial charge on any atom is 0.259 e. The second-order valence-electron chi connectivity index (χ2n) is 25.1. The first-order valence-electron chi connectivity index (χ1n) is 30.7. The molecule has 3 atom stereocenters. The van der Waals surface area contributed by atoms with E-state index in [1.165, 1.54) is 6.42 Å². The van der Waals surface area contributed by atoms with Crippen molar-refractivity contribution in [2.75, 3.05) is 39.5 Å². The second kappa shape index (κ2) is 27.5. The minimum atomic E-state index is -3.66. The Morgan fingerprint density at radius 3 is 1.09 bits per heavy atom. The van der Waals surface area contributed by atoms with E-state index in [-0.39, 0.29) is 102 Å². The van der Waals surface area contributed by atoms with Crippen LogP contribution >= 0.6 is 0 Å². The highest BCUT2D eigenvalue weighted by Gasteiger charge is 2.51. The van der Waals surface area contributed by atoms with E-state index < -0.39 is 46.3 Å². The molecule has 0 bridgehead atoms. The second-order valence-corrected chi connectivity index (χ2v) is 30.0. The molecule has 2 aliphatic carbocycles. The summed E-state index contributed by atoms with van der Waals surface area (Å²) in [6, 6.07) is 15.0. The van der Waals surface area contributed by atoms with Gasteiger partial charge in [-0.3, -0.25) is 28.8 Å². The topological polar surface area (TPSA) is 384 Å². The molecule has 9 N–H and O–H groups in total. The number of nitrogens with zero attached hydrogens (tertiary/aromatic N) is 3. The van der Waals surface area contributed by atoms with Crippen LogP contribution in [0.1, 0.15) is 163 Å². The lowest BCUT2D eigenvalue weighted by Crippen LogP contribution is -2.54. The van der Waals surface area contributed by atoms with Crippen LogP contribution in [0, 0.1) is 34.0 Å². The van der Waals surface area contributed by atoms with Crippen molar-refractivity contribution in [3.05, 3.63) is 88.0 Å². The van der Waals surface area contributed by atoms with E-state index in [1.54, 1.807) is 54.6 Å². The van der Waals surface area contributed by atoms with Gasteiger partial charge in [-0.25, -0.2) is 25.3 Å². The third-order valence-corrected chi connectivity index (χ3v) is 21.6. The summed E-state index contributed by atoms with van der Waals surface area (Å²) in [6.45, 7) is 5.18. The molecule has 3 unspecified atom stereocenters. The number of ketones is 3. The Hall–Kier alpha value is -7.26. The molecule has 89 heavy (non-hydrogen) atoms. The monoisotopic (exact) mass is 1290 g/mol. The van der Waals surface area contributed by atoms with Crippen LogP contribution in [0.25, 0.3) is 0 Å². The minimum absolute atomic E-state index is 0.0642. The first-order chi connectivity index (χ1) is 42.3. The van der Waals surface area contributed by atoms with Gasteiger partial charge in [-0.1, -0.05) is 108 Å². The number of ether oxygens (including phenoxy) is 3. The zero-order valence-electron chi connectivity index (χ0n) is 50.4. The minimum Gasteiger partial charge on any atom is -0.491 e. The van der Waals surface area contributed by atoms with Gasteiger partial charge in [-0.15, -0.1) is 13.2 Å². The number of carbonyl (C=O) groups excluding carboxylic acids is 6. The number of Topliss-reactive ketones (excluding diaryl/α,β-unsaturated/α-hetero) is 3. The third-order valence-electron chi connectivity index (χ3n) is 18.1. The molecular formula is C62H81N9O15S3. The van der Waals surface area contributed by atoms with Crippen LogP contribution in [-0.2, 0) is 76.1 Å². The highest BCUT2D eigenvalue weighted by Crippen LogP contribution is 2.41. The molecule has 6 heterocycles. The van der Waals surface area contributed by atoms with Gasteiger partial charge in [-0.05, 0) is 91.2 Å². The largest absolute Gasteiger partial charge is 0.491 e. The normalized spacial score (nSPS) is 25.1. The number of sulfonamides is 3. The van der Waals surface area contributed by atoms with Crippen LogP contribution in [-0.4, -0.2) is 117 Å². The molecule has 0 spiro atoms.